The number of hydrogen-bond acceptors (Lipinski definition) is 2. The van der Waals surface area contributed by atoms with E-state index in [2.05, 4.69) is 5.32 Å². The van der Waals surface area contributed by atoms with Crippen molar-refractivity contribution in [3.63, 3.8) is 0 Å². The lowest BCUT2D eigenvalue weighted by Gasteiger charge is -2.16. The first kappa shape index (κ1) is 15.2. The normalized spacial score (nSPS) is 11.7. The molecule has 1 atom stereocenters. The SMILES string of the molecule is CC(NC(=O)c1ccccc1CC(N)=S)c1ccccc1. The van der Waals surface area contributed by atoms with Gasteiger partial charge < -0.3 is 11.1 Å². The molecule has 1 amide bonds. The monoisotopic (exact) mass is 298 g/mol. The van der Waals surface area contributed by atoms with E-state index in [4.69, 9.17) is 18.0 Å². The molecule has 0 bridgehead atoms. The lowest BCUT2D eigenvalue weighted by Crippen LogP contribution is -2.28. The molecule has 0 radical (unpaired) electrons. The van der Waals surface area contributed by atoms with Gasteiger partial charge in [-0.25, -0.2) is 0 Å². The van der Waals surface area contributed by atoms with Crippen LogP contribution < -0.4 is 11.1 Å². The van der Waals surface area contributed by atoms with Crippen LogP contribution in [0.1, 0.15) is 34.5 Å². The predicted octanol–water partition coefficient (Wildman–Crippen LogP) is 3.01. The number of thiocarbonyl (C=S) groups is 1. The molecular weight excluding hydrogens is 280 g/mol. The van der Waals surface area contributed by atoms with Crippen LogP contribution in [0, 0.1) is 0 Å². The number of carbonyl (C=O) groups is 1. The van der Waals surface area contributed by atoms with Crippen LogP contribution in [0.4, 0.5) is 0 Å². The lowest BCUT2D eigenvalue weighted by atomic mass is 10.0. The van der Waals surface area contributed by atoms with E-state index < -0.39 is 0 Å². The van der Waals surface area contributed by atoms with E-state index in [9.17, 15) is 4.79 Å². The summed E-state index contributed by atoms with van der Waals surface area (Å²) >= 11 is 4.93. The molecule has 1 unspecified atom stereocenters. The van der Waals surface area contributed by atoms with Crippen LogP contribution in [0.2, 0.25) is 0 Å². The highest BCUT2D eigenvalue weighted by Crippen LogP contribution is 2.15. The van der Waals surface area contributed by atoms with E-state index >= 15 is 0 Å². The second-order valence-electron chi connectivity index (χ2n) is 4.91. The van der Waals surface area contributed by atoms with Crippen LogP contribution in [0.15, 0.2) is 54.6 Å². The molecule has 4 heteroatoms. The van der Waals surface area contributed by atoms with Crippen LogP contribution in [-0.2, 0) is 6.42 Å². The molecule has 0 aliphatic rings. The third-order valence-corrected chi connectivity index (χ3v) is 3.42. The average molecular weight is 298 g/mol. The fraction of sp³-hybridized carbons (Fsp3) is 0.176. The lowest BCUT2D eigenvalue weighted by molar-refractivity contribution is 0.0939. The standard InChI is InChI=1S/C17H18N2OS/c1-12(13-7-3-2-4-8-13)19-17(20)15-10-6-5-9-14(15)11-16(18)21/h2-10,12H,11H2,1H3,(H2,18,21)(H,19,20). The Bertz CT molecular complexity index is 640. The van der Waals surface area contributed by atoms with Gasteiger partial charge >= 0.3 is 0 Å². The molecule has 2 rings (SSSR count). The van der Waals surface area contributed by atoms with Crippen molar-refractivity contribution in [1.82, 2.24) is 5.32 Å². The number of carbonyl (C=O) groups excluding carboxylic acids is 1. The average Bonchev–Trinajstić information content (AvgIpc) is 2.48. The van der Waals surface area contributed by atoms with Gasteiger partial charge in [-0.3, -0.25) is 4.79 Å². The summed E-state index contributed by atoms with van der Waals surface area (Å²) in [4.78, 5) is 12.8. The second-order valence-corrected chi connectivity index (χ2v) is 5.43. The van der Waals surface area contributed by atoms with Crippen molar-refractivity contribution in [2.75, 3.05) is 0 Å². The fourth-order valence-corrected chi connectivity index (χ4v) is 2.34. The molecule has 0 saturated heterocycles. The summed E-state index contributed by atoms with van der Waals surface area (Å²) < 4.78 is 0. The quantitative estimate of drug-likeness (QED) is 0.834. The number of hydrogen-bond donors (Lipinski definition) is 2. The van der Waals surface area contributed by atoms with Gasteiger partial charge in [0.15, 0.2) is 0 Å². The van der Waals surface area contributed by atoms with E-state index in [1.165, 1.54) is 0 Å². The number of amides is 1. The minimum Gasteiger partial charge on any atom is -0.393 e. The minimum atomic E-state index is -0.113. The summed E-state index contributed by atoms with van der Waals surface area (Å²) in [5, 5.41) is 3.00. The Morgan fingerprint density at radius 1 is 1.14 bits per heavy atom. The topological polar surface area (TPSA) is 55.1 Å². The van der Waals surface area contributed by atoms with E-state index in [1.54, 1.807) is 6.07 Å². The highest BCUT2D eigenvalue weighted by molar-refractivity contribution is 7.80. The Hall–Kier alpha value is -2.20. The van der Waals surface area contributed by atoms with Crippen molar-refractivity contribution < 1.29 is 4.79 Å². The van der Waals surface area contributed by atoms with Gasteiger partial charge in [0.05, 0.1) is 11.0 Å². The second kappa shape index (κ2) is 6.99. The van der Waals surface area contributed by atoms with Gasteiger partial charge in [-0.1, -0.05) is 60.7 Å². The van der Waals surface area contributed by atoms with Crippen LogP contribution in [0.25, 0.3) is 0 Å². The predicted molar refractivity (Wildman–Crippen MR) is 89.3 cm³/mol. The molecular formula is C17H18N2OS. The largest absolute Gasteiger partial charge is 0.393 e. The van der Waals surface area contributed by atoms with E-state index in [-0.39, 0.29) is 11.9 Å². The minimum absolute atomic E-state index is 0.0587. The molecule has 3 nitrogen and oxygen atoms in total. The molecule has 0 saturated carbocycles. The van der Waals surface area contributed by atoms with Crippen molar-refractivity contribution in [1.29, 1.82) is 0 Å². The Labute approximate surface area is 130 Å². The first-order valence-electron chi connectivity index (χ1n) is 6.80. The van der Waals surface area contributed by atoms with E-state index in [0.29, 0.717) is 17.0 Å². The third-order valence-electron chi connectivity index (χ3n) is 3.27. The van der Waals surface area contributed by atoms with Crippen molar-refractivity contribution in [3.8, 4) is 0 Å². The van der Waals surface area contributed by atoms with Crippen LogP contribution in [0.5, 0.6) is 0 Å². The maximum atomic E-state index is 12.4. The van der Waals surface area contributed by atoms with Gasteiger partial charge in [-0.05, 0) is 24.1 Å². The highest BCUT2D eigenvalue weighted by Gasteiger charge is 2.14. The van der Waals surface area contributed by atoms with Crippen molar-refractivity contribution in [3.05, 3.63) is 71.3 Å². The molecule has 0 aromatic heterocycles. The van der Waals surface area contributed by atoms with E-state index in [0.717, 1.165) is 11.1 Å². The molecule has 21 heavy (non-hydrogen) atoms. The Kier molecular flexibility index (Phi) is 5.06. The maximum absolute atomic E-state index is 12.4. The summed E-state index contributed by atoms with van der Waals surface area (Å²) in [7, 11) is 0. The summed E-state index contributed by atoms with van der Waals surface area (Å²) in [5.41, 5.74) is 8.12. The Morgan fingerprint density at radius 3 is 2.43 bits per heavy atom. The zero-order valence-corrected chi connectivity index (χ0v) is 12.7. The number of rotatable bonds is 5. The van der Waals surface area contributed by atoms with Crippen LogP contribution >= 0.6 is 12.2 Å². The van der Waals surface area contributed by atoms with Gasteiger partial charge in [-0.15, -0.1) is 0 Å². The zero-order chi connectivity index (χ0) is 15.2. The summed E-state index contributed by atoms with van der Waals surface area (Å²) in [6, 6.07) is 17.2. The summed E-state index contributed by atoms with van der Waals surface area (Å²) in [5.74, 6) is -0.113. The maximum Gasteiger partial charge on any atom is 0.252 e. The molecule has 0 heterocycles. The molecule has 3 N–H and O–H groups in total. The molecule has 0 aliphatic carbocycles. The van der Waals surface area contributed by atoms with Crippen LogP contribution in [0.3, 0.4) is 0 Å². The Balaban J connectivity index is 2.15. The molecule has 0 spiro atoms. The molecule has 2 aromatic carbocycles. The van der Waals surface area contributed by atoms with Crippen molar-refractivity contribution in [2.24, 2.45) is 5.73 Å². The summed E-state index contributed by atoms with van der Waals surface area (Å²) in [6.07, 6.45) is 0.429. The van der Waals surface area contributed by atoms with Gasteiger partial charge in [0.1, 0.15) is 0 Å². The van der Waals surface area contributed by atoms with Crippen LogP contribution in [-0.4, -0.2) is 10.9 Å². The van der Waals surface area contributed by atoms with Crippen molar-refractivity contribution >= 4 is 23.1 Å². The molecule has 0 aliphatic heterocycles. The van der Waals surface area contributed by atoms with Gasteiger partial charge in [-0.2, -0.15) is 0 Å². The first-order chi connectivity index (χ1) is 10.1. The number of nitrogens with two attached hydrogens (primary N) is 1. The van der Waals surface area contributed by atoms with Gasteiger partial charge in [0, 0.05) is 12.0 Å². The van der Waals surface area contributed by atoms with Crippen molar-refractivity contribution in [2.45, 2.75) is 19.4 Å². The molecule has 108 valence electrons. The molecule has 0 fully saturated rings. The molecule has 2 aromatic rings. The smallest absolute Gasteiger partial charge is 0.252 e. The van der Waals surface area contributed by atoms with Gasteiger partial charge in [0.2, 0.25) is 0 Å². The zero-order valence-electron chi connectivity index (χ0n) is 11.9. The third kappa shape index (κ3) is 4.13. The fourth-order valence-electron chi connectivity index (χ4n) is 2.18. The van der Waals surface area contributed by atoms with Gasteiger partial charge in [0.25, 0.3) is 5.91 Å². The highest BCUT2D eigenvalue weighted by atomic mass is 32.1. The summed E-state index contributed by atoms with van der Waals surface area (Å²) in [6.45, 7) is 1.96. The first-order valence-corrected chi connectivity index (χ1v) is 7.21. The van der Waals surface area contributed by atoms with E-state index in [1.807, 2.05) is 55.5 Å². The number of nitrogens with one attached hydrogen (secondary N) is 1. The number of benzene rings is 2. The Morgan fingerprint density at radius 2 is 1.76 bits per heavy atom.